The van der Waals surface area contributed by atoms with E-state index in [-0.39, 0.29) is 0 Å². The fraction of sp³-hybridized carbons (Fsp3) is 0.125. The number of rotatable bonds is 1. The summed E-state index contributed by atoms with van der Waals surface area (Å²) in [7, 11) is 0. The molecule has 3 heterocycles. The van der Waals surface area contributed by atoms with E-state index in [0.29, 0.717) is 22.3 Å². The molecule has 0 aromatic carbocycles. The van der Waals surface area contributed by atoms with E-state index in [1.807, 2.05) is 6.92 Å². The average Bonchev–Trinajstić information content (AvgIpc) is 2.84. The van der Waals surface area contributed by atoms with Gasteiger partial charge in [0.25, 0.3) is 0 Å². The van der Waals surface area contributed by atoms with Crippen LogP contribution in [0.4, 0.5) is 0 Å². The van der Waals surface area contributed by atoms with E-state index in [0.717, 1.165) is 9.84 Å². The van der Waals surface area contributed by atoms with Crippen molar-refractivity contribution in [3.05, 3.63) is 16.6 Å². The van der Waals surface area contributed by atoms with E-state index < -0.39 is 0 Å². The zero-order valence-corrected chi connectivity index (χ0v) is 9.58. The molecule has 0 fully saturated rings. The Balaban J connectivity index is 2.28. The Hall–Kier alpha value is -1.60. The quantitative estimate of drug-likeness (QED) is 0.618. The Morgan fingerprint density at radius 2 is 2.12 bits per heavy atom. The molecule has 0 atom stereocenters. The van der Waals surface area contributed by atoms with Crippen LogP contribution in [0.2, 0.25) is 5.15 Å². The zero-order valence-electron chi connectivity index (χ0n) is 8.01. The summed E-state index contributed by atoms with van der Waals surface area (Å²) in [5.74, 6) is 0.657. The van der Waals surface area contributed by atoms with Crippen LogP contribution < -0.4 is 0 Å². The summed E-state index contributed by atoms with van der Waals surface area (Å²) in [6.45, 7) is 1.89. The maximum atomic E-state index is 6.00. The van der Waals surface area contributed by atoms with Crippen LogP contribution in [0.15, 0.2) is 10.9 Å². The average molecular weight is 254 g/mol. The smallest absolute Gasteiger partial charge is 0.240 e. The van der Waals surface area contributed by atoms with Gasteiger partial charge in [0.05, 0.1) is 5.01 Å². The molecule has 0 amide bonds. The van der Waals surface area contributed by atoms with Crippen molar-refractivity contribution >= 4 is 33.3 Å². The van der Waals surface area contributed by atoms with E-state index >= 15 is 0 Å². The number of hydrogen-bond acceptors (Lipinski definition) is 7. The minimum absolute atomic E-state index is 0.300. The largest absolute Gasteiger partial charge is 0.342 e. The standard InChI is InChI=1S/C8H4ClN5OS/c1-3-11-4-5(9)12-7(13-8(4)16-3)6-10-2-15-14-6/h2H,1H3. The lowest BCUT2D eigenvalue weighted by molar-refractivity contribution is 0.418. The van der Waals surface area contributed by atoms with Crippen LogP contribution in [-0.4, -0.2) is 25.1 Å². The number of aromatic nitrogens is 5. The molecule has 0 bridgehead atoms. The Morgan fingerprint density at radius 1 is 1.25 bits per heavy atom. The van der Waals surface area contributed by atoms with Crippen LogP contribution in [-0.2, 0) is 0 Å². The molecule has 80 valence electrons. The van der Waals surface area contributed by atoms with Crippen molar-refractivity contribution in [2.45, 2.75) is 6.92 Å². The molecule has 0 saturated heterocycles. The molecule has 0 unspecified atom stereocenters. The highest BCUT2D eigenvalue weighted by molar-refractivity contribution is 7.18. The van der Waals surface area contributed by atoms with Crippen LogP contribution in [0.25, 0.3) is 22.0 Å². The molecule has 8 heteroatoms. The predicted molar refractivity (Wildman–Crippen MR) is 58.2 cm³/mol. The number of thiazole rings is 1. The molecule has 0 saturated carbocycles. The minimum Gasteiger partial charge on any atom is -0.342 e. The predicted octanol–water partition coefficient (Wildman–Crippen LogP) is 2.10. The maximum Gasteiger partial charge on any atom is 0.240 e. The number of nitrogens with zero attached hydrogens (tertiary/aromatic N) is 5. The van der Waals surface area contributed by atoms with Gasteiger partial charge in [-0.15, -0.1) is 0 Å². The molecular formula is C8H4ClN5OS. The van der Waals surface area contributed by atoms with Gasteiger partial charge in [-0.2, -0.15) is 4.98 Å². The van der Waals surface area contributed by atoms with Crippen molar-refractivity contribution in [3.8, 4) is 11.6 Å². The second kappa shape index (κ2) is 3.46. The first-order chi connectivity index (χ1) is 7.74. The van der Waals surface area contributed by atoms with Crippen molar-refractivity contribution < 1.29 is 4.52 Å². The van der Waals surface area contributed by atoms with E-state index in [2.05, 4.69) is 29.6 Å². The van der Waals surface area contributed by atoms with Crippen LogP contribution in [0.5, 0.6) is 0 Å². The normalized spacial score (nSPS) is 11.1. The Labute approximate surface area is 98.3 Å². The van der Waals surface area contributed by atoms with E-state index in [4.69, 9.17) is 11.6 Å². The highest BCUT2D eigenvalue weighted by atomic mass is 35.5. The SMILES string of the molecule is Cc1nc2c(Cl)nc(-c3ncon3)nc2s1. The lowest BCUT2D eigenvalue weighted by Crippen LogP contribution is -1.91. The molecule has 3 rings (SSSR count). The molecular weight excluding hydrogens is 250 g/mol. The summed E-state index contributed by atoms with van der Waals surface area (Å²) in [6.07, 6.45) is 1.22. The Bertz CT molecular complexity index is 650. The Morgan fingerprint density at radius 3 is 2.88 bits per heavy atom. The van der Waals surface area contributed by atoms with Gasteiger partial charge < -0.3 is 4.52 Å². The van der Waals surface area contributed by atoms with Gasteiger partial charge in [0.1, 0.15) is 10.3 Å². The van der Waals surface area contributed by atoms with Crippen LogP contribution in [0, 0.1) is 6.92 Å². The fourth-order valence-corrected chi connectivity index (χ4v) is 2.32. The lowest BCUT2D eigenvalue weighted by Gasteiger charge is -1.94. The minimum atomic E-state index is 0.300. The molecule has 0 spiro atoms. The highest BCUT2D eigenvalue weighted by Crippen LogP contribution is 2.26. The molecule has 6 nitrogen and oxygen atoms in total. The van der Waals surface area contributed by atoms with E-state index in [9.17, 15) is 0 Å². The van der Waals surface area contributed by atoms with Gasteiger partial charge in [-0.3, -0.25) is 0 Å². The summed E-state index contributed by atoms with van der Waals surface area (Å²) in [6, 6.07) is 0. The maximum absolute atomic E-state index is 6.00. The second-order valence-corrected chi connectivity index (χ2v) is 4.52. The molecule has 3 aromatic heterocycles. The van der Waals surface area contributed by atoms with Gasteiger partial charge in [0.15, 0.2) is 5.15 Å². The van der Waals surface area contributed by atoms with Gasteiger partial charge in [-0.1, -0.05) is 28.1 Å². The summed E-state index contributed by atoms with van der Waals surface area (Å²) < 4.78 is 4.63. The lowest BCUT2D eigenvalue weighted by atomic mass is 10.5. The van der Waals surface area contributed by atoms with Crippen molar-refractivity contribution in [2.75, 3.05) is 0 Å². The van der Waals surface area contributed by atoms with Crippen LogP contribution in [0.1, 0.15) is 5.01 Å². The Kier molecular flexibility index (Phi) is 2.08. The van der Waals surface area contributed by atoms with E-state index in [1.165, 1.54) is 17.7 Å². The highest BCUT2D eigenvalue weighted by Gasteiger charge is 2.14. The van der Waals surface area contributed by atoms with Crippen molar-refractivity contribution in [1.82, 2.24) is 25.1 Å². The third kappa shape index (κ3) is 1.44. The van der Waals surface area contributed by atoms with Crippen molar-refractivity contribution in [2.24, 2.45) is 0 Å². The van der Waals surface area contributed by atoms with Crippen LogP contribution in [0.3, 0.4) is 0 Å². The molecule has 0 radical (unpaired) electrons. The summed E-state index contributed by atoms with van der Waals surface area (Å²) in [5, 5.41) is 4.84. The first kappa shape index (κ1) is 9.61. The van der Waals surface area contributed by atoms with Gasteiger partial charge in [0, 0.05) is 0 Å². The summed E-state index contributed by atoms with van der Waals surface area (Å²) in [4.78, 5) is 17.2. The van der Waals surface area contributed by atoms with Gasteiger partial charge in [-0.05, 0) is 6.92 Å². The molecule has 0 N–H and O–H groups in total. The number of aryl methyl sites for hydroxylation is 1. The number of hydrogen-bond donors (Lipinski definition) is 0. The van der Waals surface area contributed by atoms with Crippen molar-refractivity contribution in [1.29, 1.82) is 0 Å². The third-order valence-electron chi connectivity index (χ3n) is 1.88. The zero-order chi connectivity index (χ0) is 11.1. The third-order valence-corrected chi connectivity index (χ3v) is 3.01. The topological polar surface area (TPSA) is 77.6 Å². The van der Waals surface area contributed by atoms with Gasteiger partial charge in [-0.25, -0.2) is 15.0 Å². The summed E-state index contributed by atoms with van der Waals surface area (Å²) >= 11 is 7.44. The molecule has 0 aliphatic heterocycles. The molecule has 3 aromatic rings. The first-order valence-electron chi connectivity index (χ1n) is 4.31. The van der Waals surface area contributed by atoms with Crippen molar-refractivity contribution in [3.63, 3.8) is 0 Å². The van der Waals surface area contributed by atoms with E-state index in [1.54, 1.807) is 0 Å². The number of halogens is 1. The monoisotopic (exact) mass is 253 g/mol. The molecule has 0 aliphatic carbocycles. The molecule has 16 heavy (non-hydrogen) atoms. The second-order valence-electron chi connectivity index (χ2n) is 2.98. The van der Waals surface area contributed by atoms with Crippen LogP contribution >= 0.6 is 22.9 Å². The summed E-state index contributed by atoms with van der Waals surface area (Å²) in [5.41, 5.74) is 0.608. The first-order valence-corrected chi connectivity index (χ1v) is 5.51. The fourth-order valence-electron chi connectivity index (χ4n) is 1.26. The number of fused-ring (bicyclic) bond motifs is 1. The van der Waals surface area contributed by atoms with Gasteiger partial charge in [0.2, 0.25) is 18.0 Å². The molecule has 0 aliphatic rings. The van der Waals surface area contributed by atoms with Gasteiger partial charge >= 0.3 is 0 Å².